The van der Waals surface area contributed by atoms with Crippen molar-refractivity contribution in [2.45, 2.75) is 45.8 Å². The summed E-state index contributed by atoms with van der Waals surface area (Å²) in [6, 6.07) is 3.42. The van der Waals surface area contributed by atoms with Crippen molar-refractivity contribution in [2.24, 2.45) is 0 Å². The van der Waals surface area contributed by atoms with E-state index in [1.807, 2.05) is 0 Å². The number of esters is 1. The molecule has 0 unspecified atom stereocenters. The summed E-state index contributed by atoms with van der Waals surface area (Å²) in [5.41, 5.74) is -0.521. The fourth-order valence-electron chi connectivity index (χ4n) is 1.86. The summed E-state index contributed by atoms with van der Waals surface area (Å²) in [6.45, 7) is 7.03. The van der Waals surface area contributed by atoms with Crippen LogP contribution in [-0.4, -0.2) is 24.3 Å². The number of hydrogen-bond acceptors (Lipinski definition) is 4. The van der Waals surface area contributed by atoms with Gasteiger partial charge in [0.25, 0.3) is 0 Å². The normalized spacial score (nSPS) is 12.4. The molecule has 23 heavy (non-hydrogen) atoms. The second-order valence-corrected chi connectivity index (χ2v) is 6.79. The third-order valence-electron chi connectivity index (χ3n) is 2.70. The lowest BCUT2D eigenvalue weighted by Gasteiger charge is -2.24. The molecule has 0 radical (unpaired) electrons. The lowest BCUT2D eigenvalue weighted by Crippen LogP contribution is -2.36. The number of amides is 1. The minimum atomic E-state index is -0.888. The third-order valence-corrected chi connectivity index (χ3v) is 3.19. The van der Waals surface area contributed by atoms with E-state index >= 15 is 0 Å². The van der Waals surface area contributed by atoms with Crippen LogP contribution in [0.2, 0.25) is 0 Å². The average Bonchev–Trinajstić information content (AvgIpc) is 2.39. The predicted octanol–water partition coefficient (Wildman–Crippen LogP) is 4.11. The Morgan fingerprint density at radius 3 is 2.57 bits per heavy atom. The van der Waals surface area contributed by atoms with Crippen molar-refractivity contribution in [3.8, 4) is 0 Å². The molecule has 7 heteroatoms. The number of halogens is 2. The van der Waals surface area contributed by atoms with Gasteiger partial charge in [0.2, 0.25) is 0 Å². The van der Waals surface area contributed by atoms with Gasteiger partial charge in [0.1, 0.15) is 11.4 Å². The zero-order valence-corrected chi connectivity index (χ0v) is 15.2. The van der Waals surface area contributed by atoms with Crippen LogP contribution >= 0.6 is 15.9 Å². The molecule has 0 aromatic heterocycles. The molecule has 0 spiro atoms. The molecule has 0 aliphatic rings. The van der Waals surface area contributed by atoms with E-state index in [4.69, 9.17) is 9.47 Å². The number of benzene rings is 1. The molecule has 0 heterocycles. The van der Waals surface area contributed by atoms with Gasteiger partial charge in [-0.15, -0.1) is 0 Å². The number of nitrogens with one attached hydrogen (secondary N) is 1. The van der Waals surface area contributed by atoms with E-state index in [-0.39, 0.29) is 18.6 Å². The monoisotopic (exact) mass is 389 g/mol. The molecule has 0 fully saturated rings. The Labute approximate surface area is 143 Å². The van der Waals surface area contributed by atoms with E-state index < -0.39 is 29.5 Å². The van der Waals surface area contributed by atoms with Gasteiger partial charge in [-0.05, 0) is 45.9 Å². The third kappa shape index (κ3) is 6.99. The summed E-state index contributed by atoms with van der Waals surface area (Å²) in [5.74, 6) is -1.06. The van der Waals surface area contributed by atoms with Crippen molar-refractivity contribution < 1.29 is 23.5 Å². The topological polar surface area (TPSA) is 64.6 Å². The highest BCUT2D eigenvalue weighted by Gasteiger charge is 2.25. The first-order valence-electron chi connectivity index (χ1n) is 7.22. The van der Waals surface area contributed by atoms with Crippen LogP contribution in [0.1, 0.15) is 45.7 Å². The van der Waals surface area contributed by atoms with E-state index in [9.17, 15) is 14.0 Å². The van der Waals surface area contributed by atoms with Gasteiger partial charge in [-0.1, -0.05) is 15.9 Å². The quantitative estimate of drug-likeness (QED) is 0.769. The highest BCUT2D eigenvalue weighted by atomic mass is 79.9. The van der Waals surface area contributed by atoms with E-state index in [0.29, 0.717) is 4.47 Å². The Bertz CT molecular complexity index is 572. The van der Waals surface area contributed by atoms with E-state index in [0.717, 1.165) is 0 Å². The van der Waals surface area contributed by atoms with Crippen LogP contribution < -0.4 is 5.32 Å². The van der Waals surface area contributed by atoms with Crippen LogP contribution in [0.4, 0.5) is 9.18 Å². The summed E-state index contributed by atoms with van der Waals surface area (Å²) in [4.78, 5) is 23.7. The summed E-state index contributed by atoms with van der Waals surface area (Å²) >= 11 is 3.25. The van der Waals surface area contributed by atoms with E-state index in [2.05, 4.69) is 21.2 Å². The van der Waals surface area contributed by atoms with Crippen LogP contribution in [0.3, 0.4) is 0 Å². The minimum Gasteiger partial charge on any atom is -0.466 e. The Kier molecular flexibility index (Phi) is 7.00. The first kappa shape index (κ1) is 19.4. The highest BCUT2D eigenvalue weighted by Crippen LogP contribution is 2.25. The number of ether oxygens (including phenoxy) is 2. The lowest BCUT2D eigenvalue weighted by molar-refractivity contribution is -0.143. The summed E-state index contributed by atoms with van der Waals surface area (Å²) in [6.07, 6.45) is -0.924. The maximum atomic E-state index is 14.1. The predicted molar refractivity (Wildman–Crippen MR) is 87.5 cm³/mol. The fraction of sp³-hybridized carbons (Fsp3) is 0.500. The van der Waals surface area contributed by atoms with Gasteiger partial charge in [-0.25, -0.2) is 9.18 Å². The number of alkyl carbamates (subject to hydrolysis) is 1. The zero-order chi connectivity index (χ0) is 17.6. The SMILES string of the molecule is CCOC(=O)C[C@H](NC(=O)OC(C)(C)C)c1cc(Br)ccc1F. The van der Waals surface area contributed by atoms with Gasteiger partial charge in [0.15, 0.2) is 0 Å². The maximum Gasteiger partial charge on any atom is 0.408 e. The van der Waals surface area contributed by atoms with Gasteiger partial charge < -0.3 is 14.8 Å². The molecule has 0 saturated heterocycles. The van der Waals surface area contributed by atoms with Crippen LogP contribution in [0.15, 0.2) is 22.7 Å². The molecular formula is C16H21BrFNO4. The van der Waals surface area contributed by atoms with Gasteiger partial charge in [-0.2, -0.15) is 0 Å². The molecule has 0 bridgehead atoms. The first-order chi connectivity index (χ1) is 10.6. The first-order valence-corrected chi connectivity index (χ1v) is 8.01. The Hall–Kier alpha value is -1.63. The molecular weight excluding hydrogens is 369 g/mol. The van der Waals surface area contributed by atoms with E-state index in [1.165, 1.54) is 18.2 Å². The summed E-state index contributed by atoms with van der Waals surface area (Å²) in [7, 11) is 0. The molecule has 1 N–H and O–H groups in total. The van der Waals surface area contributed by atoms with E-state index in [1.54, 1.807) is 27.7 Å². The van der Waals surface area contributed by atoms with Crippen molar-refractivity contribution in [2.75, 3.05) is 6.61 Å². The summed E-state index contributed by atoms with van der Waals surface area (Å²) < 4.78 is 24.8. The van der Waals surface area contributed by atoms with Gasteiger partial charge in [-0.3, -0.25) is 4.79 Å². The Morgan fingerprint density at radius 2 is 2.00 bits per heavy atom. The van der Waals surface area contributed by atoms with Crippen molar-refractivity contribution in [1.29, 1.82) is 0 Å². The summed E-state index contributed by atoms with van der Waals surface area (Å²) in [5, 5.41) is 2.52. The molecule has 1 aromatic carbocycles. The van der Waals surface area contributed by atoms with Crippen LogP contribution in [-0.2, 0) is 14.3 Å². The smallest absolute Gasteiger partial charge is 0.408 e. The van der Waals surface area contributed by atoms with Gasteiger partial charge in [0, 0.05) is 10.0 Å². The average molecular weight is 390 g/mol. The van der Waals surface area contributed by atoms with Crippen LogP contribution in [0, 0.1) is 5.82 Å². The maximum absolute atomic E-state index is 14.1. The van der Waals surface area contributed by atoms with Crippen LogP contribution in [0.5, 0.6) is 0 Å². The van der Waals surface area contributed by atoms with Crippen LogP contribution in [0.25, 0.3) is 0 Å². The minimum absolute atomic E-state index is 0.179. The number of carbonyl (C=O) groups excluding carboxylic acids is 2. The lowest BCUT2D eigenvalue weighted by atomic mass is 10.0. The van der Waals surface area contributed by atoms with Gasteiger partial charge >= 0.3 is 12.1 Å². The Balaban J connectivity index is 2.99. The second kappa shape index (κ2) is 8.29. The number of hydrogen-bond donors (Lipinski definition) is 1. The molecule has 5 nitrogen and oxygen atoms in total. The van der Waals surface area contributed by atoms with Crippen molar-refractivity contribution in [3.63, 3.8) is 0 Å². The molecule has 0 aliphatic carbocycles. The highest BCUT2D eigenvalue weighted by molar-refractivity contribution is 9.10. The second-order valence-electron chi connectivity index (χ2n) is 5.87. The Morgan fingerprint density at radius 1 is 1.35 bits per heavy atom. The molecule has 1 aromatic rings. The molecule has 128 valence electrons. The molecule has 1 atom stereocenters. The van der Waals surface area contributed by atoms with Crippen molar-refractivity contribution in [1.82, 2.24) is 5.32 Å². The molecule has 1 amide bonds. The largest absolute Gasteiger partial charge is 0.466 e. The molecule has 1 rings (SSSR count). The standard InChI is InChI=1S/C16H21BrFNO4/c1-5-22-14(20)9-13(19-15(21)23-16(2,3)4)11-8-10(17)6-7-12(11)18/h6-8,13H,5,9H2,1-4H3,(H,19,21)/t13-/m0/s1. The fourth-order valence-corrected chi connectivity index (χ4v) is 2.24. The van der Waals surface area contributed by atoms with Crippen molar-refractivity contribution >= 4 is 28.0 Å². The van der Waals surface area contributed by atoms with Gasteiger partial charge in [0.05, 0.1) is 19.1 Å². The molecule has 0 saturated carbocycles. The zero-order valence-electron chi connectivity index (χ0n) is 13.6. The number of rotatable bonds is 5. The van der Waals surface area contributed by atoms with Crippen molar-refractivity contribution in [3.05, 3.63) is 34.1 Å². The molecule has 0 aliphatic heterocycles. The number of carbonyl (C=O) groups is 2.